The lowest BCUT2D eigenvalue weighted by Gasteiger charge is -2.04. The molecule has 0 atom stereocenters. The number of hydrogen-bond donors (Lipinski definition) is 6. The molecule has 4 aromatic rings. The number of aromatic nitrogens is 4. The van der Waals surface area contributed by atoms with Gasteiger partial charge in [0.2, 0.25) is 0 Å². The van der Waals surface area contributed by atoms with Crippen LogP contribution in [0.3, 0.4) is 0 Å². The van der Waals surface area contributed by atoms with Crippen LogP contribution >= 0.6 is 12.4 Å². The third-order valence-corrected chi connectivity index (χ3v) is 6.60. The molecule has 0 fully saturated rings. The number of carbonyl (C=O) groups excluding carboxylic acids is 4. The van der Waals surface area contributed by atoms with Gasteiger partial charge < -0.3 is 45.3 Å². The maximum absolute atomic E-state index is 13.0. The molecule has 4 heterocycles. The molecule has 0 aliphatic heterocycles. The van der Waals surface area contributed by atoms with Crippen molar-refractivity contribution in [2.75, 3.05) is 22.5 Å². The van der Waals surface area contributed by atoms with Crippen molar-refractivity contribution in [2.24, 2.45) is 33.9 Å². The number of carbonyl (C=O) groups is 4. The minimum Gasteiger partial charge on any atom is -0.388 e. The molecule has 18 heteroatoms. The molecule has 0 aliphatic rings. The van der Waals surface area contributed by atoms with Crippen molar-refractivity contribution < 1.29 is 24.1 Å². The van der Waals surface area contributed by atoms with Crippen molar-refractivity contribution in [1.82, 2.24) is 23.6 Å². The fraction of sp³-hybridized carbons (Fsp3) is 0.222. The lowest BCUT2D eigenvalue weighted by molar-refractivity contribution is -0.384. The molecular weight excluding hydrogens is 610 g/mol. The summed E-state index contributed by atoms with van der Waals surface area (Å²) in [5.74, 6) is -2.00. The molecule has 45 heavy (non-hydrogen) atoms. The van der Waals surface area contributed by atoms with Crippen molar-refractivity contribution >= 4 is 64.6 Å². The number of nitrogens with zero attached hydrogens (tertiary/aromatic N) is 5. The molecule has 0 radical (unpaired) electrons. The number of hydrogen-bond acceptors (Lipinski definition) is 7. The first-order chi connectivity index (χ1) is 20.7. The minimum atomic E-state index is -0.597. The largest absolute Gasteiger partial charge is 0.388 e. The van der Waals surface area contributed by atoms with E-state index in [1.807, 2.05) is 0 Å². The fourth-order valence-electron chi connectivity index (χ4n) is 4.44. The van der Waals surface area contributed by atoms with E-state index in [1.165, 1.54) is 51.3 Å². The summed E-state index contributed by atoms with van der Waals surface area (Å²) in [5.41, 5.74) is 6.90. The van der Waals surface area contributed by atoms with Crippen molar-refractivity contribution in [3.8, 4) is 0 Å². The summed E-state index contributed by atoms with van der Waals surface area (Å²) in [7, 11) is 6.41. The summed E-state index contributed by atoms with van der Waals surface area (Å²) < 4.78 is 5.91. The van der Waals surface area contributed by atoms with Gasteiger partial charge >= 0.3 is 0 Å². The highest BCUT2D eigenvalue weighted by molar-refractivity contribution is 6.08. The summed E-state index contributed by atoms with van der Waals surface area (Å²) in [4.78, 5) is 61.6. The van der Waals surface area contributed by atoms with Crippen LogP contribution in [-0.2, 0) is 28.2 Å². The number of aryl methyl sites for hydroxylation is 4. The zero-order chi connectivity index (χ0) is 32.3. The number of nitro groups is 1. The number of anilines is 3. The molecule has 0 aromatic carbocycles. The first kappa shape index (κ1) is 33.7. The summed E-state index contributed by atoms with van der Waals surface area (Å²) in [5, 5.41) is 29.0. The van der Waals surface area contributed by atoms with E-state index in [0.717, 1.165) is 6.07 Å². The van der Waals surface area contributed by atoms with Gasteiger partial charge in [-0.3, -0.25) is 34.7 Å². The number of nitrogens with one attached hydrogen (secondary N) is 5. The van der Waals surface area contributed by atoms with Gasteiger partial charge in [-0.2, -0.15) is 0 Å². The summed E-state index contributed by atoms with van der Waals surface area (Å²) in [6.45, 7) is 0.206. The third-order valence-electron chi connectivity index (χ3n) is 6.60. The zero-order valence-corrected chi connectivity index (χ0v) is 25.5. The molecule has 4 rings (SSSR count). The van der Waals surface area contributed by atoms with Gasteiger partial charge in [-0.05, 0) is 18.2 Å². The Bertz CT molecular complexity index is 1810. The minimum absolute atomic E-state index is 0. The highest BCUT2D eigenvalue weighted by Gasteiger charge is 2.21. The quantitative estimate of drug-likeness (QED) is 0.0618. The molecule has 0 saturated heterocycles. The Morgan fingerprint density at radius 1 is 0.711 bits per heavy atom. The lowest BCUT2D eigenvalue weighted by Crippen LogP contribution is -2.28. The van der Waals surface area contributed by atoms with E-state index in [9.17, 15) is 29.3 Å². The van der Waals surface area contributed by atoms with Crippen LogP contribution in [0.15, 0.2) is 49.1 Å². The molecule has 17 nitrogen and oxygen atoms in total. The highest BCUT2D eigenvalue weighted by atomic mass is 35.5. The van der Waals surface area contributed by atoms with Crippen LogP contribution in [0.25, 0.3) is 0 Å². The van der Waals surface area contributed by atoms with Crippen LogP contribution in [0.4, 0.5) is 22.7 Å². The smallest absolute Gasteiger partial charge is 0.287 e. The Hall–Kier alpha value is -5.84. The third kappa shape index (κ3) is 7.77. The normalized spacial score (nSPS) is 10.5. The van der Waals surface area contributed by atoms with Crippen LogP contribution in [0, 0.1) is 15.5 Å². The van der Waals surface area contributed by atoms with Crippen LogP contribution in [0.1, 0.15) is 48.4 Å². The predicted octanol–water partition coefficient (Wildman–Crippen LogP) is 2.18. The number of halogens is 1. The van der Waals surface area contributed by atoms with Crippen LogP contribution < -0.4 is 27.0 Å². The SMILES string of the molecule is Cl.Cn1cc(NC(=O)c2cc(NC(=O)c3cc(NC(=O)c4cc([N+](=O)[O-])cn4C)cn3C)cn2C)cc1C(=O)NCCC(=N)N. The van der Waals surface area contributed by atoms with Crippen molar-refractivity contribution in [3.05, 3.63) is 81.9 Å². The van der Waals surface area contributed by atoms with E-state index in [4.69, 9.17) is 11.1 Å². The average molecular weight is 642 g/mol. The number of nitrogens with two attached hydrogens (primary N) is 1. The van der Waals surface area contributed by atoms with E-state index in [-0.39, 0.29) is 59.9 Å². The average Bonchev–Trinajstić information content (AvgIpc) is 3.69. The van der Waals surface area contributed by atoms with Crippen LogP contribution in [0.2, 0.25) is 0 Å². The van der Waals surface area contributed by atoms with Crippen LogP contribution in [0.5, 0.6) is 0 Å². The molecule has 0 unspecified atom stereocenters. The van der Waals surface area contributed by atoms with Crippen molar-refractivity contribution in [3.63, 3.8) is 0 Å². The Balaban J connectivity index is 0.00000552. The van der Waals surface area contributed by atoms with Gasteiger partial charge in [0.05, 0.1) is 34.0 Å². The van der Waals surface area contributed by atoms with Gasteiger partial charge in [0, 0.05) is 65.8 Å². The molecule has 0 aliphatic carbocycles. The summed E-state index contributed by atoms with van der Waals surface area (Å²) in [6.07, 6.45) is 6.10. The number of rotatable bonds is 11. The molecule has 238 valence electrons. The van der Waals surface area contributed by atoms with Gasteiger partial charge in [0.25, 0.3) is 29.3 Å². The monoisotopic (exact) mass is 641 g/mol. The highest BCUT2D eigenvalue weighted by Crippen LogP contribution is 2.21. The molecule has 7 N–H and O–H groups in total. The Labute approximate surface area is 262 Å². The second-order valence-corrected chi connectivity index (χ2v) is 10.0. The summed E-state index contributed by atoms with van der Waals surface area (Å²) in [6, 6.07) is 5.60. The molecule has 4 amide bonds. The lowest BCUT2D eigenvalue weighted by atomic mass is 10.3. The second-order valence-electron chi connectivity index (χ2n) is 10.0. The second kappa shape index (κ2) is 13.6. The zero-order valence-electron chi connectivity index (χ0n) is 24.7. The maximum Gasteiger partial charge on any atom is 0.287 e. The molecule has 0 saturated carbocycles. The Morgan fingerprint density at radius 3 is 1.42 bits per heavy atom. The van der Waals surface area contributed by atoms with E-state index >= 15 is 0 Å². The Kier molecular flexibility index (Phi) is 10.2. The van der Waals surface area contributed by atoms with E-state index in [2.05, 4.69) is 21.3 Å². The summed E-state index contributed by atoms with van der Waals surface area (Å²) >= 11 is 0. The first-order valence-electron chi connectivity index (χ1n) is 13.1. The van der Waals surface area contributed by atoms with E-state index < -0.39 is 22.6 Å². The van der Waals surface area contributed by atoms with Crippen molar-refractivity contribution in [2.45, 2.75) is 6.42 Å². The first-order valence-corrected chi connectivity index (χ1v) is 13.1. The number of amides is 4. The topological polar surface area (TPSA) is 229 Å². The molecule has 0 spiro atoms. The maximum atomic E-state index is 13.0. The molecular formula is C27H32ClN11O6. The fourth-order valence-corrected chi connectivity index (χ4v) is 4.44. The predicted molar refractivity (Wildman–Crippen MR) is 168 cm³/mol. The van der Waals surface area contributed by atoms with Crippen LogP contribution in [-0.4, -0.2) is 59.2 Å². The van der Waals surface area contributed by atoms with Crippen molar-refractivity contribution in [1.29, 1.82) is 5.41 Å². The van der Waals surface area contributed by atoms with Gasteiger partial charge in [-0.15, -0.1) is 12.4 Å². The van der Waals surface area contributed by atoms with Gasteiger partial charge in [0.15, 0.2) is 0 Å². The standard InChI is InChI=1S/C27H31N11O6.ClH/c1-34-11-15(7-19(34)24(39)30-6-5-23(28)29)31-25(40)20-8-16(12-35(20)2)32-26(41)21-9-17(13-36(21)3)33-27(42)22-10-18(38(43)44)14-37(22)4;/h7-14H,5-6H2,1-4H3,(H3,28,29)(H,30,39)(H,31,40)(H,32,41)(H,33,42);1H. The van der Waals surface area contributed by atoms with Gasteiger partial charge in [-0.25, -0.2) is 0 Å². The van der Waals surface area contributed by atoms with E-state index in [1.54, 1.807) is 38.1 Å². The number of amidine groups is 1. The van der Waals surface area contributed by atoms with E-state index in [0.29, 0.717) is 22.8 Å². The Morgan fingerprint density at radius 2 is 1.07 bits per heavy atom. The molecule has 4 aromatic heterocycles. The molecule has 0 bridgehead atoms. The van der Waals surface area contributed by atoms with Gasteiger partial charge in [-0.1, -0.05) is 0 Å². The van der Waals surface area contributed by atoms with Gasteiger partial charge in [0.1, 0.15) is 22.8 Å².